The van der Waals surface area contributed by atoms with Crippen molar-refractivity contribution in [3.8, 4) is 28.3 Å². The van der Waals surface area contributed by atoms with Crippen molar-refractivity contribution in [2.75, 3.05) is 7.11 Å². The summed E-state index contributed by atoms with van der Waals surface area (Å²) in [5.74, 6) is 1.02. The molecule has 0 N–H and O–H groups in total. The number of halogens is 1. The summed E-state index contributed by atoms with van der Waals surface area (Å²) in [4.78, 5) is 12.8. The van der Waals surface area contributed by atoms with Gasteiger partial charge in [-0.2, -0.15) is 5.10 Å². The molecule has 0 saturated heterocycles. The van der Waals surface area contributed by atoms with Crippen LogP contribution in [0.3, 0.4) is 0 Å². The van der Waals surface area contributed by atoms with E-state index in [2.05, 4.69) is 79.9 Å². The van der Waals surface area contributed by atoms with Crippen LogP contribution in [0.5, 0.6) is 5.75 Å². The van der Waals surface area contributed by atoms with Crippen LogP contribution in [-0.4, -0.2) is 37.1 Å². The monoisotopic (exact) mass is 680 g/mol. The van der Waals surface area contributed by atoms with Crippen molar-refractivity contribution in [1.29, 1.82) is 0 Å². The van der Waals surface area contributed by atoms with Crippen molar-refractivity contribution < 1.29 is 4.74 Å². The molecule has 0 radical (unpaired) electrons. The summed E-state index contributed by atoms with van der Waals surface area (Å²) < 4.78 is 8.89. The number of ether oxygens (including phenoxy) is 1. The van der Waals surface area contributed by atoms with Crippen LogP contribution in [0.2, 0.25) is 0 Å². The van der Waals surface area contributed by atoms with E-state index in [4.69, 9.17) is 9.95 Å². The lowest BCUT2D eigenvalue weighted by molar-refractivity contribution is 0.403. The quantitative estimate of drug-likeness (QED) is 0.150. The van der Waals surface area contributed by atoms with E-state index in [0.29, 0.717) is 22.6 Å². The Kier molecular flexibility index (Phi) is 8.29. The number of nitrogens with zero attached hydrogens (tertiary/aromatic N) is 6. The second-order valence-corrected chi connectivity index (χ2v) is 11.7. The maximum Gasteiger partial charge on any atom is 0.285 e. The van der Waals surface area contributed by atoms with Crippen molar-refractivity contribution >= 4 is 15.9 Å². The Labute approximate surface area is 280 Å². The van der Waals surface area contributed by atoms with Gasteiger partial charge < -0.3 is 4.74 Å². The van der Waals surface area contributed by atoms with Crippen LogP contribution in [0.4, 0.5) is 0 Å². The Morgan fingerprint density at radius 2 is 1.23 bits per heavy atom. The molecule has 5 aromatic carbocycles. The minimum Gasteiger partial charge on any atom is -0.494 e. The number of hydrogen-bond donors (Lipinski definition) is 0. The molecule has 0 spiro atoms. The van der Waals surface area contributed by atoms with Crippen LogP contribution in [0, 0.1) is 0 Å². The zero-order valence-electron chi connectivity index (χ0n) is 25.4. The van der Waals surface area contributed by atoms with E-state index in [1.807, 2.05) is 95.7 Å². The summed E-state index contributed by atoms with van der Waals surface area (Å²) in [7, 11) is 1.51. The molecule has 0 amide bonds. The van der Waals surface area contributed by atoms with Gasteiger partial charge in [-0.05, 0) is 59.7 Å². The topological polar surface area (TPSA) is 87.7 Å². The van der Waals surface area contributed by atoms with Gasteiger partial charge in [0.25, 0.3) is 5.56 Å². The lowest BCUT2D eigenvalue weighted by atomic mass is 9.77. The highest BCUT2D eigenvalue weighted by atomic mass is 79.9. The number of hydrogen-bond acceptors (Lipinski definition) is 6. The average molecular weight is 682 g/mol. The Balaban J connectivity index is 1.35. The maximum absolute atomic E-state index is 12.8. The van der Waals surface area contributed by atoms with Gasteiger partial charge >= 0.3 is 0 Å². The van der Waals surface area contributed by atoms with Gasteiger partial charge in [0.05, 0.1) is 19.9 Å². The summed E-state index contributed by atoms with van der Waals surface area (Å²) in [5, 5.41) is 17.9. The molecular formula is C38H29BrN6O2. The molecule has 0 bridgehead atoms. The molecule has 0 aliphatic rings. The van der Waals surface area contributed by atoms with Crippen LogP contribution in [0.1, 0.15) is 22.3 Å². The summed E-state index contributed by atoms with van der Waals surface area (Å²) in [5.41, 5.74) is 5.73. The Morgan fingerprint density at radius 3 is 1.79 bits per heavy atom. The third-order valence-corrected chi connectivity index (χ3v) is 9.03. The second-order valence-electron chi connectivity index (χ2n) is 11.0. The van der Waals surface area contributed by atoms with Crippen LogP contribution in [0.25, 0.3) is 22.5 Å². The molecule has 0 unspecified atom stereocenters. The number of benzene rings is 5. The summed E-state index contributed by atoms with van der Waals surface area (Å²) in [6, 6.07) is 47.3. The first-order valence-electron chi connectivity index (χ1n) is 15.0. The maximum atomic E-state index is 12.8. The molecule has 0 aliphatic carbocycles. The number of aromatic nitrogens is 6. The Hall–Kier alpha value is -5.67. The fourth-order valence-electron chi connectivity index (χ4n) is 6.08. The van der Waals surface area contributed by atoms with Crippen LogP contribution in [-0.2, 0) is 12.1 Å². The number of methoxy groups -OCH3 is 1. The van der Waals surface area contributed by atoms with E-state index in [-0.39, 0.29) is 5.56 Å². The molecule has 230 valence electrons. The zero-order chi connectivity index (χ0) is 32.2. The number of tetrazole rings is 1. The SMILES string of the molecule is COc1cnn(Cc2ccc(-c3ccccc3-c3nnnn3C(c3ccccc3)(c3ccccc3)c3ccccc3)cc2)c(=O)c1Br. The van der Waals surface area contributed by atoms with Crippen LogP contribution in [0.15, 0.2) is 155 Å². The van der Waals surface area contributed by atoms with E-state index in [1.54, 1.807) is 0 Å². The van der Waals surface area contributed by atoms with Crippen molar-refractivity contribution in [2.24, 2.45) is 0 Å². The predicted octanol–water partition coefficient (Wildman–Crippen LogP) is 7.22. The summed E-state index contributed by atoms with van der Waals surface area (Å²) in [6.07, 6.45) is 1.53. The normalized spacial score (nSPS) is 11.4. The van der Waals surface area contributed by atoms with E-state index < -0.39 is 5.54 Å². The Morgan fingerprint density at radius 1 is 0.702 bits per heavy atom. The molecule has 0 fully saturated rings. The second kappa shape index (κ2) is 13.0. The van der Waals surface area contributed by atoms with Gasteiger partial charge in [-0.25, -0.2) is 9.36 Å². The summed E-state index contributed by atoms with van der Waals surface area (Å²) in [6.45, 7) is 0.315. The molecule has 2 aromatic heterocycles. The van der Waals surface area contributed by atoms with Gasteiger partial charge in [0.2, 0.25) is 0 Å². The average Bonchev–Trinajstić information content (AvgIpc) is 3.63. The van der Waals surface area contributed by atoms with Crippen molar-refractivity contribution in [3.05, 3.63) is 183 Å². The van der Waals surface area contributed by atoms with Gasteiger partial charge in [0.15, 0.2) is 11.6 Å². The summed E-state index contributed by atoms with van der Waals surface area (Å²) >= 11 is 3.32. The fourth-order valence-corrected chi connectivity index (χ4v) is 6.55. The van der Waals surface area contributed by atoms with Crippen LogP contribution < -0.4 is 10.3 Å². The highest BCUT2D eigenvalue weighted by molar-refractivity contribution is 9.10. The molecule has 0 aliphatic heterocycles. The first-order chi connectivity index (χ1) is 23.1. The van der Waals surface area contributed by atoms with Gasteiger partial charge in [0, 0.05) is 5.56 Å². The van der Waals surface area contributed by atoms with Gasteiger partial charge in [-0.3, -0.25) is 4.79 Å². The standard InChI is InChI=1S/C38H29BrN6O2/c1-47-34-25-40-44(37(46)35(34)39)26-27-21-23-28(24-22-27)32-19-11-12-20-33(32)36-41-42-43-45(36)38(29-13-5-2-6-14-29,30-15-7-3-8-16-30)31-17-9-4-10-18-31/h2-25H,26H2,1H3. The van der Waals surface area contributed by atoms with Gasteiger partial charge in [0.1, 0.15) is 10.0 Å². The first-order valence-corrected chi connectivity index (χ1v) is 15.8. The molecule has 2 heterocycles. The molecule has 7 rings (SSSR count). The molecule has 8 nitrogen and oxygen atoms in total. The zero-order valence-corrected chi connectivity index (χ0v) is 27.0. The minimum absolute atomic E-state index is 0.260. The smallest absolute Gasteiger partial charge is 0.285 e. The van der Waals surface area contributed by atoms with E-state index >= 15 is 0 Å². The van der Waals surface area contributed by atoms with Crippen molar-refractivity contribution in [1.82, 2.24) is 30.0 Å². The Bertz CT molecular complexity index is 2090. The van der Waals surface area contributed by atoms with E-state index in [1.165, 1.54) is 18.0 Å². The van der Waals surface area contributed by atoms with Crippen LogP contribution >= 0.6 is 15.9 Å². The first kappa shape index (κ1) is 30.0. The highest BCUT2D eigenvalue weighted by Gasteiger charge is 2.42. The molecule has 47 heavy (non-hydrogen) atoms. The predicted molar refractivity (Wildman–Crippen MR) is 185 cm³/mol. The minimum atomic E-state index is -0.869. The lowest BCUT2D eigenvalue weighted by Crippen LogP contribution is -2.39. The van der Waals surface area contributed by atoms with Crippen molar-refractivity contribution in [2.45, 2.75) is 12.1 Å². The molecule has 0 saturated carbocycles. The fraction of sp³-hybridized carbons (Fsp3) is 0.0789. The molecule has 7 aromatic rings. The number of rotatable bonds is 9. The highest BCUT2D eigenvalue weighted by Crippen LogP contribution is 2.43. The third-order valence-electron chi connectivity index (χ3n) is 8.30. The lowest BCUT2D eigenvalue weighted by Gasteiger charge is -2.36. The van der Waals surface area contributed by atoms with Gasteiger partial charge in [-0.15, -0.1) is 5.10 Å². The van der Waals surface area contributed by atoms with Crippen molar-refractivity contribution in [3.63, 3.8) is 0 Å². The van der Waals surface area contributed by atoms with E-state index in [0.717, 1.165) is 38.9 Å². The molecule has 0 atom stereocenters. The third kappa shape index (κ3) is 5.44. The largest absolute Gasteiger partial charge is 0.494 e. The molecular weight excluding hydrogens is 652 g/mol. The van der Waals surface area contributed by atoms with Gasteiger partial charge in [-0.1, -0.05) is 140 Å². The van der Waals surface area contributed by atoms with E-state index in [9.17, 15) is 4.79 Å². The molecule has 9 heteroatoms.